The van der Waals surface area contributed by atoms with Gasteiger partial charge in [0.1, 0.15) is 0 Å². The van der Waals surface area contributed by atoms with Gasteiger partial charge in [-0.15, -0.1) is 0 Å². The zero-order chi connectivity index (χ0) is 59.2. The van der Waals surface area contributed by atoms with Crippen molar-refractivity contribution in [2.45, 2.75) is 411 Å². The minimum atomic E-state index is -0.661. The molecule has 0 aromatic carbocycles. The average Bonchev–Trinajstić information content (AvgIpc) is 3.48. The van der Waals surface area contributed by atoms with Gasteiger partial charge in [-0.05, 0) is 89.9 Å². The van der Waals surface area contributed by atoms with Crippen LogP contribution in [0, 0.1) is 0 Å². The SMILES string of the molecule is CCCCCC/C=C\C/C=C\CCCCCCCCCC(=O)OCCCCCCCCCCCCCCC/C=C\C/C=C\CCCCCCCCCCCCCCCCCCCC(=O)NC(CO)C(O)CCCCCCCCCCCC. The fraction of sp³-hybridized carbons (Fsp3) is 0.868. The highest BCUT2D eigenvalue weighted by atomic mass is 16.5. The first-order valence-electron chi connectivity index (χ1n) is 36.9. The molecule has 0 saturated heterocycles. The third kappa shape index (κ3) is 67.0. The van der Waals surface area contributed by atoms with Crippen LogP contribution in [0.4, 0.5) is 0 Å². The number of hydrogen-bond donors (Lipinski definition) is 3. The summed E-state index contributed by atoms with van der Waals surface area (Å²) in [5.74, 6) is -0.0210. The highest BCUT2D eigenvalue weighted by Crippen LogP contribution is 2.19. The van der Waals surface area contributed by atoms with Crippen molar-refractivity contribution >= 4 is 11.9 Å². The normalized spacial score (nSPS) is 12.8. The largest absolute Gasteiger partial charge is 0.466 e. The van der Waals surface area contributed by atoms with Crippen LogP contribution in [0.2, 0.25) is 0 Å². The van der Waals surface area contributed by atoms with Gasteiger partial charge in [-0.1, -0.05) is 345 Å². The van der Waals surface area contributed by atoms with Crippen LogP contribution in [-0.4, -0.2) is 47.4 Å². The Balaban J connectivity index is 3.34. The van der Waals surface area contributed by atoms with E-state index in [0.29, 0.717) is 25.9 Å². The lowest BCUT2D eigenvalue weighted by atomic mass is 10.0. The van der Waals surface area contributed by atoms with E-state index in [9.17, 15) is 19.8 Å². The van der Waals surface area contributed by atoms with E-state index in [1.807, 2.05) is 0 Å². The first-order valence-corrected chi connectivity index (χ1v) is 36.9. The molecule has 2 atom stereocenters. The van der Waals surface area contributed by atoms with Crippen molar-refractivity contribution in [3.8, 4) is 0 Å². The molecular formula is C76H143NO5. The summed E-state index contributed by atoms with van der Waals surface area (Å²) in [6.45, 7) is 4.94. The quantitative estimate of drug-likeness (QED) is 0.0320. The summed E-state index contributed by atoms with van der Waals surface area (Å²) in [5.41, 5.74) is 0. The van der Waals surface area contributed by atoms with Gasteiger partial charge in [0.05, 0.1) is 25.4 Å². The number of carbonyl (C=O) groups excluding carboxylic acids is 2. The van der Waals surface area contributed by atoms with Crippen LogP contribution in [-0.2, 0) is 14.3 Å². The van der Waals surface area contributed by atoms with Gasteiger partial charge in [-0.3, -0.25) is 9.59 Å². The molecule has 0 spiro atoms. The summed E-state index contributed by atoms with van der Waals surface area (Å²) in [6.07, 6.45) is 93.4. The van der Waals surface area contributed by atoms with E-state index in [1.54, 1.807) is 0 Å². The lowest BCUT2D eigenvalue weighted by Crippen LogP contribution is -2.45. The second kappa shape index (κ2) is 71.3. The molecule has 0 heterocycles. The van der Waals surface area contributed by atoms with Crippen molar-refractivity contribution in [2.24, 2.45) is 0 Å². The summed E-state index contributed by atoms with van der Waals surface area (Å²) < 4.78 is 5.50. The molecule has 0 radical (unpaired) electrons. The molecular weight excluding hydrogens is 1010 g/mol. The number of amides is 1. The van der Waals surface area contributed by atoms with Crippen molar-refractivity contribution in [2.75, 3.05) is 13.2 Å². The van der Waals surface area contributed by atoms with Crippen molar-refractivity contribution < 1.29 is 24.5 Å². The highest BCUT2D eigenvalue weighted by molar-refractivity contribution is 5.76. The van der Waals surface area contributed by atoms with E-state index in [0.717, 1.165) is 57.8 Å². The van der Waals surface area contributed by atoms with E-state index in [1.165, 1.54) is 308 Å². The Morgan fingerprint density at radius 1 is 0.341 bits per heavy atom. The Hall–Kier alpha value is -2.18. The minimum absolute atomic E-state index is 0.0115. The molecule has 0 rings (SSSR count). The standard InChI is InChI=1S/C76H143NO5/c1-3-5-7-9-11-13-15-16-17-18-41-44-47-50-54-58-62-66-70-76(81)82-71-67-63-59-55-51-48-45-42-39-37-35-33-31-29-27-25-23-21-19-20-22-24-26-28-30-32-34-36-38-40-43-46-49-53-57-61-65-69-75(80)77-73(72-78)74(79)68-64-60-56-52-14-12-10-8-6-4-2/h13,15,17-19,21,25,27,73-74,78-79H,3-12,14,16,20,22-24,26,28-72H2,1-2H3,(H,77,80)/b15-13-,18-17-,21-19-,27-25-. The number of rotatable bonds is 69. The maximum absolute atomic E-state index is 12.5. The maximum Gasteiger partial charge on any atom is 0.305 e. The molecule has 1 amide bonds. The van der Waals surface area contributed by atoms with Crippen molar-refractivity contribution in [3.63, 3.8) is 0 Å². The third-order valence-corrected chi connectivity index (χ3v) is 17.1. The van der Waals surface area contributed by atoms with Gasteiger partial charge in [-0.25, -0.2) is 0 Å². The number of allylic oxidation sites excluding steroid dienone is 8. The van der Waals surface area contributed by atoms with Crippen LogP contribution in [0.25, 0.3) is 0 Å². The summed E-state index contributed by atoms with van der Waals surface area (Å²) in [5, 5.41) is 23.2. The van der Waals surface area contributed by atoms with Gasteiger partial charge >= 0.3 is 5.97 Å². The first kappa shape index (κ1) is 79.8. The summed E-state index contributed by atoms with van der Waals surface area (Å²) in [7, 11) is 0. The molecule has 0 aromatic rings. The number of unbranched alkanes of at least 4 members (excludes halogenated alkanes) is 50. The first-order chi connectivity index (χ1) is 40.5. The summed E-state index contributed by atoms with van der Waals surface area (Å²) >= 11 is 0. The molecule has 2 unspecified atom stereocenters. The number of hydrogen-bond acceptors (Lipinski definition) is 5. The molecule has 0 aliphatic carbocycles. The average molecular weight is 1150 g/mol. The van der Waals surface area contributed by atoms with Crippen LogP contribution in [0.5, 0.6) is 0 Å². The second-order valence-corrected chi connectivity index (χ2v) is 25.3. The smallest absolute Gasteiger partial charge is 0.305 e. The summed E-state index contributed by atoms with van der Waals surface area (Å²) in [6, 6.07) is -0.538. The molecule has 0 aromatic heterocycles. The zero-order valence-corrected chi connectivity index (χ0v) is 55.2. The van der Waals surface area contributed by atoms with Gasteiger partial charge in [0, 0.05) is 12.8 Å². The number of carbonyl (C=O) groups is 2. The van der Waals surface area contributed by atoms with E-state index in [4.69, 9.17) is 4.74 Å². The monoisotopic (exact) mass is 1150 g/mol. The van der Waals surface area contributed by atoms with E-state index in [-0.39, 0.29) is 18.5 Å². The van der Waals surface area contributed by atoms with Crippen LogP contribution >= 0.6 is 0 Å². The number of esters is 1. The van der Waals surface area contributed by atoms with E-state index in [2.05, 4.69) is 67.8 Å². The Morgan fingerprint density at radius 3 is 0.939 bits per heavy atom. The van der Waals surface area contributed by atoms with Crippen molar-refractivity contribution in [1.82, 2.24) is 5.32 Å². The van der Waals surface area contributed by atoms with Crippen LogP contribution in [0.15, 0.2) is 48.6 Å². The molecule has 0 fully saturated rings. The summed E-state index contributed by atoms with van der Waals surface area (Å²) in [4.78, 5) is 24.6. The zero-order valence-electron chi connectivity index (χ0n) is 55.2. The number of nitrogens with one attached hydrogen (secondary N) is 1. The van der Waals surface area contributed by atoms with Gasteiger partial charge in [-0.2, -0.15) is 0 Å². The molecule has 0 bridgehead atoms. The van der Waals surface area contributed by atoms with Crippen LogP contribution in [0.1, 0.15) is 399 Å². The van der Waals surface area contributed by atoms with Gasteiger partial charge in [0.25, 0.3) is 0 Å². The molecule has 0 aliphatic rings. The molecule has 482 valence electrons. The Morgan fingerprint density at radius 2 is 0.610 bits per heavy atom. The fourth-order valence-electron chi connectivity index (χ4n) is 11.5. The lowest BCUT2D eigenvalue weighted by Gasteiger charge is -2.22. The molecule has 82 heavy (non-hydrogen) atoms. The third-order valence-electron chi connectivity index (χ3n) is 17.1. The molecule has 6 heteroatoms. The molecule has 6 nitrogen and oxygen atoms in total. The number of aliphatic hydroxyl groups excluding tert-OH is 2. The lowest BCUT2D eigenvalue weighted by molar-refractivity contribution is -0.143. The number of ether oxygens (including phenoxy) is 1. The van der Waals surface area contributed by atoms with Gasteiger partial charge in [0.15, 0.2) is 0 Å². The van der Waals surface area contributed by atoms with Gasteiger partial charge < -0.3 is 20.3 Å². The predicted octanol–water partition coefficient (Wildman–Crippen LogP) is 24.0. The Labute approximate surface area is 512 Å². The van der Waals surface area contributed by atoms with E-state index >= 15 is 0 Å². The number of aliphatic hydroxyl groups is 2. The van der Waals surface area contributed by atoms with Crippen LogP contribution < -0.4 is 5.32 Å². The van der Waals surface area contributed by atoms with Crippen molar-refractivity contribution in [1.29, 1.82) is 0 Å². The molecule has 0 aliphatic heterocycles. The minimum Gasteiger partial charge on any atom is -0.466 e. The molecule has 3 N–H and O–H groups in total. The van der Waals surface area contributed by atoms with E-state index < -0.39 is 12.1 Å². The van der Waals surface area contributed by atoms with Crippen molar-refractivity contribution in [3.05, 3.63) is 48.6 Å². The molecule has 0 saturated carbocycles. The predicted molar refractivity (Wildman–Crippen MR) is 361 cm³/mol. The van der Waals surface area contributed by atoms with Crippen LogP contribution in [0.3, 0.4) is 0 Å². The second-order valence-electron chi connectivity index (χ2n) is 25.3. The Kier molecular flexibility index (Phi) is 69.4. The Bertz CT molecular complexity index is 1370. The van der Waals surface area contributed by atoms with Gasteiger partial charge in [0.2, 0.25) is 5.91 Å². The highest BCUT2D eigenvalue weighted by Gasteiger charge is 2.20. The topological polar surface area (TPSA) is 95.9 Å². The fourth-order valence-corrected chi connectivity index (χ4v) is 11.5. The maximum atomic E-state index is 12.5.